The second-order valence-corrected chi connectivity index (χ2v) is 7.79. The van der Waals surface area contributed by atoms with Crippen molar-refractivity contribution < 1.29 is 22.6 Å². The van der Waals surface area contributed by atoms with E-state index in [1.807, 2.05) is 0 Å². The van der Waals surface area contributed by atoms with E-state index in [0.717, 1.165) is 12.1 Å². The Labute approximate surface area is 129 Å². The molecule has 2 unspecified atom stereocenters. The molecule has 0 saturated heterocycles. The van der Waals surface area contributed by atoms with Crippen LogP contribution in [0.2, 0.25) is 0 Å². The summed E-state index contributed by atoms with van der Waals surface area (Å²) in [6.45, 7) is 6.62. The number of halogens is 3. The molecule has 1 rings (SSSR count). The molecule has 0 fully saturated rings. The maximum atomic E-state index is 12.8. The number of hydrogen-bond acceptors (Lipinski definition) is 4. The summed E-state index contributed by atoms with van der Waals surface area (Å²) in [5.41, 5.74) is -1.70. The fraction of sp³-hybridized carbons (Fsp3) is 0.538. The first-order valence-electron chi connectivity index (χ1n) is 6.37. The maximum Gasteiger partial charge on any atom is 0.416 e. The second kappa shape index (κ2) is 6.43. The van der Waals surface area contributed by atoms with Gasteiger partial charge in [-0.2, -0.15) is 13.2 Å². The third-order valence-corrected chi connectivity index (χ3v) is 4.50. The number of hydrogen-bond donors (Lipinski definition) is 1. The van der Waals surface area contributed by atoms with Gasteiger partial charge in [-0.05, 0) is 39.3 Å². The molecule has 0 aromatic heterocycles. The van der Waals surface area contributed by atoms with Crippen LogP contribution in [-0.4, -0.2) is 14.2 Å². The SMILES string of the molecule is CC(N[S+]([O-])C(C)(C)C)c1cc([N+](=O)[O-])cc(C(F)(F)F)c1. The number of nitrogens with one attached hydrogen (secondary N) is 1. The quantitative estimate of drug-likeness (QED) is 0.515. The highest BCUT2D eigenvalue weighted by Gasteiger charge is 2.34. The number of nitro benzene ring substituents is 1. The number of non-ortho nitro benzene ring substituents is 1. The first kappa shape index (κ1) is 18.7. The Morgan fingerprint density at radius 1 is 1.23 bits per heavy atom. The Hall–Kier alpha value is -1.32. The lowest BCUT2D eigenvalue weighted by Gasteiger charge is -2.26. The number of benzene rings is 1. The van der Waals surface area contributed by atoms with Crippen LogP contribution in [0.4, 0.5) is 18.9 Å². The Morgan fingerprint density at radius 3 is 2.18 bits per heavy atom. The van der Waals surface area contributed by atoms with Crippen LogP contribution in [0.5, 0.6) is 0 Å². The van der Waals surface area contributed by atoms with E-state index in [1.165, 1.54) is 6.92 Å². The summed E-state index contributed by atoms with van der Waals surface area (Å²) in [5.74, 6) is 0. The minimum Gasteiger partial charge on any atom is -0.598 e. The highest BCUT2D eigenvalue weighted by atomic mass is 32.2. The van der Waals surface area contributed by atoms with E-state index in [2.05, 4.69) is 4.72 Å². The normalized spacial score (nSPS) is 15.5. The molecular formula is C13H17F3N2O3S. The average Bonchev–Trinajstić information content (AvgIpc) is 2.35. The Balaban J connectivity index is 3.18. The van der Waals surface area contributed by atoms with Crippen LogP contribution < -0.4 is 4.72 Å². The van der Waals surface area contributed by atoms with Gasteiger partial charge in [0.1, 0.15) is 4.75 Å². The van der Waals surface area contributed by atoms with E-state index in [4.69, 9.17) is 0 Å². The van der Waals surface area contributed by atoms with Crippen molar-refractivity contribution in [3.05, 3.63) is 39.4 Å². The van der Waals surface area contributed by atoms with Crippen molar-refractivity contribution in [2.75, 3.05) is 0 Å². The predicted octanol–water partition coefficient (Wildman–Crippen LogP) is 3.73. The zero-order chi connectivity index (χ0) is 17.3. The van der Waals surface area contributed by atoms with Crippen LogP contribution in [0.15, 0.2) is 18.2 Å². The molecule has 5 nitrogen and oxygen atoms in total. The average molecular weight is 338 g/mol. The summed E-state index contributed by atoms with van der Waals surface area (Å²) in [6, 6.07) is 1.62. The summed E-state index contributed by atoms with van der Waals surface area (Å²) in [6.07, 6.45) is -4.69. The van der Waals surface area contributed by atoms with Gasteiger partial charge in [0.2, 0.25) is 0 Å². The minimum absolute atomic E-state index is 0.0547. The van der Waals surface area contributed by atoms with Crippen molar-refractivity contribution in [1.29, 1.82) is 0 Å². The summed E-state index contributed by atoms with van der Waals surface area (Å²) in [5, 5.41) is 10.8. The van der Waals surface area contributed by atoms with Gasteiger partial charge in [0, 0.05) is 23.5 Å². The van der Waals surface area contributed by atoms with Crippen molar-refractivity contribution >= 4 is 17.0 Å². The smallest absolute Gasteiger partial charge is 0.416 e. The summed E-state index contributed by atoms with van der Waals surface area (Å²) >= 11 is -1.51. The summed E-state index contributed by atoms with van der Waals surface area (Å²) < 4.78 is 52.5. The molecule has 0 aliphatic rings. The third kappa shape index (κ3) is 4.85. The van der Waals surface area contributed by atoms with E-state index in [-0.39, 0.29) is 5.56 Å². The number of rotatable bonds is 4. The zero-order valence-electron chi connectivity index (χ0n) is 12.5. The molecule has 0 amide bonds. The fourth-order valence-electron chi connectivity index (χ4n) is 1.56. The third-order valence-electron chi connectivity index (χ3n) is 2.82. The first-order valence-corrected chi connectivity index (χ1v) is 7.52. The standard InChI is InChI=1S/C13H17F3N2O3S/c1-8(17-22(21)12(2,3)4)9-5-10(13(14,15)16)7-11(6-9)18(19)20/h5-8,17H,1-4H3. The molecule has 1 N–H and O–H groups in total. The molecule has 22 heavy (non-hydrogen) atoms. The van der Waals surface area contributed by atoms with E-state index in [0.29, 0.717) is 6.07 Å². The van der Waals surface area contributed by atoms with Crippen molar-refractivity contribution in [1.82, 2.24) is 4.72 Å². The summed E-state index contributed by atoms with van der Waals surface area (Å²) in [4.78, 5) is 9.91. The van der Waals surface area contributed by atoms with E-state index in [1.54, 1.807) is 20.8 Å². The van der Waals surface area contributed by atoms with E-state index >= 15 is 0 Å². The number of alkyl halides is 3. The van der Waals surface area contributed by atoms with Gasteiger partial charge in [0.05, 0.1) is 16.5 Å². The molecule has 0 aliphatic carbocycles. The summed E-state index contributed by atoms with van der Waals surface area (Å²) in [7, 11) is 0. The lowest BCUT2D eigenvalue weighted by Crippen LogP contribution is -2.40. The minimum atomic E-state index is -4.69. The van der Waals surface area contributed by atoms with Gasteiger partial charge >= 0.3 is 6.18 Å². The maximum absolute atomic E-state index is 12.8. The van der Waals surface area contributed by atoms with Crippen LogP contribution in [0.25, 0.3) is 0 Å². The van der Waals surface area contributed by atoms with Gasteiger partial charge in [-0.3, -0.25) is 10.1 Å². The van der Waals surface area contributed by atoms with Gasteiger partial charge in [0.15, 0.2) is 0 Å². The van der Waals surface area contributed by atoms with Crippen LogP contribution in [-0.2, 0) is 17.5 Å². The fourth-order valence-corrected chi connectivity index (χ4v) is 2.37. The van der Waals surface area contributed by atoms with Crippen molar-refractivity contribution in [3.63, 3.8) is 0 Å². The van der Waals surface area contributed by atoms with Crippen molar-refractivity contribution in [3.8, 4) is 0 Å². The monoisotopic (exact) mass is 338 g/mol. The Kier molecular flexibility index (Phi) is 5.47. The Bertz CT molecular complexity index is 558. The molecule has 0 saturated carbocycles. The van der Waals surface area contributed by atoms with Crippen molar-refractivity contribution in [2.45, 2.75) is 44.7 Å². The van der Waals surface area contributed by atoms with Crippen LogP contribution >= 0.6 is 0 Å². The Morgan fingerprint density at radius 2 is 1.77 bits per heavy atom. The molecule has 124 valence electrons. The zero-order valence-corrected chi connectivity index (χ0v) is 13.3. The van der Waals surface area contributed by atoms with Crippen LogP contribution in [0.1, 0.15) is 44.9 Å². The molecule has 9 heteroatoms. The molecule has 0 radical (unpaired) electrons. The van der Waals surface area contributed by atoms with Crippen LogP contribution in [0, 0.1) is 10.1 Å². The van der Waals surface area contributed by atoms with Gasteiger partial charge in [-0.25, -0.2) is 0 Å². The lowest BCUT2D eigenvalue weighted by atomic mass is 10.0. The molecule has 0 spiro atoms. The highest BCUT2D eigenvalue weighted by Crippen LogP contribution is 2.34. The lowest BCUT2D eigenvalue weighted by molar-refractivity contribution is -0.385. The molecule has 0 bridgehead atoms. The molecule has 1 aromatic rings. The molecule has 0 aliphatic heterocycles. The first-order chi connectivity index (χ1) is 9.82. The number of nitrogens with zero attached hydrogens (tertiary/aromatic N) is 1. The van der Waals surface area contributed by atoms with Crippen molar-refractivity contribution in [2.24, 2.45) is 0 Å². The highest BCUT2D eigenvalue weighted by molar-refractivity contribution is 7.90. The van der Waals surface area contributed by atoms with Crippen LogP contribution in [0.3, 0.4) is 0 Å². The van der Waals surface area contributed by atoms with Gasteiger partial charge in [0.25, 0.3) is 5.69 Å². The van der Waals surface area contributed by atoms with E-state index in [9.17, 15) is 27.8 Å². The molecule has 0 heterocycles. The number of nitro groups is 1. The van der Waals surface area contributed by atoms with Gasteiger partial charge in [-0.1, -0.05) is 0 Å². The largest absolute Gasteiger partial charge is 0.598 e. The van der Waals surface area contributed by atoms with Gasteiger partial charge in [-0.15, -0.1) is 4.72 Å². The van der Waals surface area contributed by atoms with E-state index < -0.39 is 44.5 Å². The molecule has 1 aromatic carbocycles. The molecule has 2 atom stereocenters. The predicted molar refractivity (Wildman–Crippen MR) is 77.5 cm³/mol. The topological polar surface area (TPSA) is 78.2 Å². The van der Waals surface area contributed by atoms with Gasteiger partial charge < -0.3 is 4.55 Å². The molecular weight excluding hydrogens is 321 g/mol. The second-order valence-electron chi connectivity index (χ2n) is 5.79.